The number of aliphatic hydroxyl groups is 1. The van der Waals surface area contributed by atoms with E-state index in [9.17, 15) is 34.7 Å². The van der Waals surface area contributed by atoms with E-state index in [1.807, 2.05) is 115 Å². The smallest absolute Gasteiger partial charge is 0.306 e. The van der Waals surface area contributed by atoms with Gasteiger partial charge in [-0.05, 0) is 80.0 Å². The Morgan fingerprint density at radius 3 is 2.29 bits per heavy atom. The number of carbonyl (C=O) groups is 4. The van der Waals surface area contributed by atoms with Crippen LogP contribution in [0.25, 0.3) is 26.6 Å². The summed E-state index contributed by atoms with van der Waals surface area (Å²) in [6, 6.07) is 20.0. The number of β-amino-alcohol motifs (C(OH)–C–C–N with tert-alkyl or cyclic N) is 1. The lowest BCUT2D eigenvalue weighted by Gasteiger charge is -2.35. The molecule has 4 N–H and O–H groups in total. The molecule has 3 aromatic carbocycles. The molecule has 0 unspecified atom stereocenters. The first-order valence-corrected chi connectivity index (χ1v) is 25.3. The fourth-order valence-corrected chi connectivity index (χ4v) is 11.1. The minimum absolute atomic E-state index is 0.00150. The number of aliphatic hydroxyl groups excluding tert-OH is 1. The molecule has 0 bridgehead atoms. The second-order valence-corrected chi connectivity index (χ2v) is 21.2. The molecule has 0 aliphatic carbocycles. The molecular formula is C53H57N9O8S2. The van der Waals surface area contributed by atoms with Crippen molar-refractivity contribution in [3.8, 4) is 38.4 Å². The van der Waals surface area contributed by atoms with Crippen LogP contribution in [0.5, 0.6) is 5.75 Å². The zero-order valence-corrected chi connectivity index (χ0v) is 43.0. The molecule has 2 aliphatic rings. The Hall–Kier alpha value is -7.11. The highest BCUT2D eigenvalue weighted by molar-refractivity contribution is 7.15. The van der Waals surface area contributed by atoms with E-state index in [4.69, 9.17) is 14.5 Å². The number of likely N-dealkylation sites (tertiary alicyclic amines) is 1. The van der Waals surface area contributed by atoms with Crippen molar-refractivity contribution in [3.63, 3.8) is 0 Å². The number of aliphatic carboxylic acids is 1. The summed E-state index contributed by atoms with van der Waals surface area (Å²) in [4.78, 5) is 66.0. The zero-order valence-electron chi connectivity index (χ0n) is 41.3. The predicted molar refractivity (Wildman–Crippen MR) is 273 cm³/mol. The third-order valence-electron chi connectivity index (χ3n) is 13.0. The van der Waals surface area contributed by atoms with Gasteiger partial charge in [-0.2, -0.15) is 5.26 Å². The van der Waals surface area contributed by atoms with Crippen LogP contribution in [0.4, 0.5) is 0 Å². The van der Waals surface area contributed by atoms with Crippen LogP contribution in [0.2, 0.25) is 0 Å². The molecule has 2 aliphatic heterocycles. The highest BCUT2D eigenvalue weighted by atomic mass is 32.1. The Balaban J connectivity index is 0.855. The van der Waals surface area contributed by atoms with Crippen LogP contribution in [0.15, 0.2) is 77.2 Å². The van der Waals surface area contributed by atoms with Gasteiger partial charge in [0.1, 0.15) is 54.0 Å². The van der Waals surface area contributed by atoms with Gasteiger partial charge in [-0.3, -0.25) is 28.7 Å². The molecule has 3 amide bonds. The molecule has 3 aromatic heterocycles. The Kier molecular flexibility index (Phi) is 15.2. The van der Waals surface area contributed by atoms with Crippen LogP contribution < -0.4 is 15.4 Å². The van der Waals surface area contributed by atoms with Crippen molar-refractivity contribution >= 4 is 52.1 Å². The average molecular weight is 1010 g/mol. The van der Waals surface area contributed by atoms with Gasteiger partial charge in [0.05, 0.1) is 52.5 Å². The van der Waals surface area contributed by atoms with Crippen LogP contribution in [0.3, 0.4) is 0 Å². The van der Waals surface area contributed by atoms with Crippen molar-refractivity contribution in [2.75, 3.05) is 26.4 Å². The van der Waals surface area contributed by atoms with E-state index >= 15 is 0 Å². The van der Waals surface area contributed by atoms with Crippen LogP contribution in [0.1, 0.15) is 103 Å². The number of benzene rings is 3. The van der Waals surface area contributed by atoms with Crippen molar-refractivity contribution in [2.45, 2.75) is 98.5 Å². The number of carboxylic acids is 1. The van der Waals surface area contributed by atoms with E-state index in [2.05, 4.69) is 31.9 Å². The van der Waals surface area contributed by atoms with Crippen molar-refractivity contribution in [1.29, 1.82) is 5.26 Å². The topological polar surface area (TPSA) is 234 Å². The second kappa shape index (κ2) is 21.3. The molecule has 0 saturated carbocycles. The maximum Gasteiger partial charge on any atom is 0.306 e. The second-order valence-electron chi connectivity index (χ2n) is 19.2. The fourth-order valence-electron chi connectivity index (χ4n) is 9.03. The van der Waals surface area contributed by atoms with Gasteiger partial charge in [0.15, 0.2) is 5.82 Å². The number of fused-ring (bicyclic) bond motifs is 3. The third kappa shape index (κ3) is 10.9. The van der Waals surface area contributed by atoms with E-state index in [-0.39, 0.29) is 45.2 Å². The minimum Gasteiger partial charge on any atom is -0.490 e. The number of thiazole rings is 1. The lowest BCUT2D eigenvalue weighted by Crippen LogP contribution is -2.58. The number of carboxylic acid groups (broad SMARTS) is 1. The van der Waals surface area contributed by atoms with Crippen molar-refractivity contribution < 1.29 is 38.9 Å². The number of aryl methyl sites for hydroxylation is 3. The summed E-state index contributed by atoms with van der Waals surface area (Å²) in [6.07, 6.45) is -1.10. The van der Waals surface area contributed by atoms with Gasteiger partial charge >= 0.3 is 5.97 Å². The van der Waals surface area contributed by atoms with Gasteiger partial charge in [-0.15, -0.1) is 32.9 Å². The van der Waals surface area contributed by atoms with Crippen molar-refractivity contribution in [2.24, 2.45) is 10.4 Å². The number of aliphatic imine (C=N–C) groups is 1. The molecule has 19 heteroatoms. The monoisotopic (exact) mass is 1010 g/mol. The molecule has 17 nitrogen and oxygen atoms in total. The molecule has 0 radical (unpaired) electrons. The first-order chi connectivity index (χ1) is 34.3. The van der Waals surface area contributed by atoms with E-state index < -0.39 is 53.3 Å². The van der Waals surface area contributed by atoms with Crippen LogP contribution in [0, 0.1) is 44.4 Å². The van der Waals surface area contributed by atoms with Crippen molar-refractivity contribution in [3.05, 3.63) is 122 Å². The predicted octanol–water partition coefficient (Wildman–Crippen LogP) is 7.36. The fraction of sp³-hybridized carbons (Fsp3) is 0.377. The number of aromatic nitrogens is 4. The van der Waals surface area contributed by atoms with E-state index in [0.717, 1.165) is 59.4 Å². The molecular weight excluding hydrogens is 955 g/mol. The Morgan fingerprint density at radius 1 is 0.931 bits per heavy atom. The molecule has 1 saturated heterocycles. The van der Waals surface area contributed by atoms with E-state index in [1.54, 1.807) is 40.3 Å². The lowest BCUT2D eigenvalue weighted by atomic mass is 9.85. The number of nitriles is 1. The van der Waals surface area contributed by atoms with Gasteiger partial charge in [-0.1, -0.05) is 75.4 Å². The summed E-state index contributed by atoms with van der Waals surface area (Å²) in [6.45, 7) is 14.8. The zero-order chi connectivity index (χ0) is 51.6. The molecule has 6 aromatic rings. The van der Waals surface area contributed by atoms with Crippen LogP contribution >= 0.6 is 22.7 Å². The summed E-state index contributed by atoms with van der Waals surface area (Å²) in [5.41, 5.74) is 9.23. The van der Waals surface area contributed by atoms with E-state index in [0.29, 0.717) is 28.7 Å². The number of thiophene rings is 1. The standard InChI is InChI=1S/C53H57N9O8S2/c1-28-31(4)72-52-45(28)46(57-40(23-44(65)66)49-60-59-32(5)62(49)52)35-13-11-34(12-14-35)37-17-18-42(38(21-37)24-54)70-20-19-69-26-43(64)58-48(53(6,7)8)51(68)61-25-39(63)22-41(61)50(67)56-29(2)33-9-15-36(16-10-33)47-30(3)55-27-71-47/h9-18,21,27,29,39-41,48,63H,19-20,22-23,25-26H2,1-8H3,(H,56,67)(H,58,64)(H,65,66)/t29-,39+,40-,41-,48+/m0/s1. The molecule has 5 heterocycles. The largest absolute Gasteiger partial charge is 0.490 e. The molecule has 5 atom stereocenters. The summed E-state index contributed by atoms with van der Waals surface area (Å²) in [7, 11) is 0. The van der Waals surface area contributed by atoms with Gasteiger partial charge < -0.3 is 35.2 Å². The number of rotatable bonds is 16. The summed E-state index contributed by atoms with van der Waals surface area (Å²) >= 11 is 3.15. The van der Waals surface area contributed by atoms with Gasteiger partial charge in [0.25, 0.3) is 0 Å². The van der Waals surface area contributed by atoms with E-state index in [1.165, 1.54) is 4.90 Å². The highest BCUT2D eigenvalue weighted by Gasteiger charge is 2.45. The summed E-state index contributed by atoms with van der Waals surface area (Å²) in [5, 5.41) is 45.9. The Bertz CT molecular complexity index is 3090. The first kappa shape index (κ1) is 51.3. The van der Waals surface area contributed by atoms with Gasteiger partial charge in [0.2, 0.25) is 17.7 Å². The SMILES string of the molecule is Cc1ncsc1-c1ccc([C@H](C)NC(=O)[C@@H]2C[C@@H](O)CN2C(=O)[C@@H](NC(=O)COCCOc2ccc(-c3ccc(C4=N[C@@H](CC(=O)O)c5nnc(C)n5-c5sc(C)c(C)c54)cc3)cc2C#N)C(C)(C)C)cc1. The third-order valence-corrected chi connectivity index (χ3v) is 15.1. The number of amides is 3. The number of hydrogen-bond donors (Lipinski definition) is 4. The normalized spacial score (nSPS) is 17.2. The van der Waals surface area contributed by atoms with Gasteiger partial charge in [-0.25, -0.2) is 4.98 Å². The number of nitrogens with zero attached hydrogens (tertiary/aromatic N) is 7. The molecule has 374 valence electrons. The highest BCUT2D eigenvalue weighted by Crippen LogP contribution is 2.40. The molecule has 72 heavy (non-hydrogen) atoms. The maximum absolute atomic E-state index is 14.2. The van der Waals surface area contributed by atoms with Gasteiger partial charge in [0, 0.05) is 29.0 Å². The number of nitrogens with one attached hydrogen (secondary N) is 2. The average Bonchev–Trinajstić information content (AvgIpc) is 4.12. The Labute approximate surface area is 425 Å². The Morgan fingerprint density at radius 2 is 1.62 bits per heavy atom. The van der Waals surface area contributed by atoms with Crippen LogP contribution in [-0.4, -0.2) is 109 Å². The minimum atomic E-state index is -1.03. The molecule has 0 spiro atoms. The lowest BCUT2D eigenvalue weighted by molar-refractivity contribution is -0.144. The number of hydrogen-bond acceptors (Lipinski definition) is 14. The number of carbonyl (C=O) groups excluding carboxylic acids is 3. The first-order valence-electron chi connectivity index (χ1n) is 23.6. The molecule has 8 rings (SSSR count). The number of ether oxygens (including phenoxy) is 2. The molecule has 1 fully saturated rings. The summed E-state index contributed by atoms with van der Waals surface area (Å²) < 4.78 is 13.5. The summed E-state index contributed by atoms with van der Waals surface area (Å²) in [5.74, 6) is -0.961. The maximum atomic E-state index is 14.2. The van der Waals surface area contributed by atoms with Crippen molar-refractivity contribution in [1.82, 2.24) is 35.3 Å². The van der Waals surface area contributed by atoms with Crippen LogP contribution in [-0.2, 0) is 23.9 Å². The quantitative estimate of drug-likeness (QED) is 0.0697.